The Labute approximate surface area is 181 Å². The number of ether oxygens (including phenoxy) is 1. The number of halogens is 7. The van der Waals surface area contributed by atoms with Gasteiger partial charge in [0.1, 0.15) is 5.82 Å². The van der Waals surface area contributed by atoms with Gasteiger partial charge in [0.25, 0.3) is 0 Å². The third kappa shape index (κ3) is 2.87. The number of aryl methyl sites for hydroxylation is 1. The summed E-state index contributed by atoms with van der Waals surface area (Å²) < 4.78 is 101. The Bertz CT molecular complexity index is 1160. The molecule has 6 nitrogen and oxygen atoms in total. The monoisotopic (exact) mass is 479 g/mol. The van der Waals surface area contributed by atoms with Crippen molar-refractivity contribution in [3.05, 3.63) is 47.0 Å². The van der Waals surface area contributed by atoms with Crippen molar-refractivity contribution >= 4 is 11.6 Å². The summed E-state index contributed by atoms with van der Waals surface area (Å²) in [6.07, 6.45) is -12.1. The Morgan fingerprint density at radius 1 is 1.24 bits per heavy atom. The second-order valence-corrected chi connectivity index (χ2v) is 8.68. The lowest BCUT2D eigenvalue weighted by Crippen LogP contribution is -2.45. The van der Waals surface area contributed by atoms with Crippen LogP contribution in [0.25, 0.3) is 0 Å². The summed E-state index contributed by atoms with van der Waals surface area (Å²) in [5.41, 5.74) is -6.77. The molecular formula is C20H16F7N3O3. The molecule has 2 bridgehead atoms. The Balaban J connectivity index is 1.57. The lowest BCUT2D eigenvalue weighted by Gasteiger charge is -2.29. The molecule has 2 N–H and O–H groups in total. The van der Waals surface area contributed by atoms with Crippen LogP contribution in [-0.4, -0.2) is 39.1 Å². The highest BCUT2D eigenvalue weighted by molar-refractivity contribution is 6.01. The van der Waals surface area contributed by atoms with E-state index in [-0.39, 0.29) is 18.4 Å². The van der Waals surface area contributed by atoms with Gasteiger partial charge < -0.3 is 15.2 Å². The molecule has 3 aliphatic rings. The highest BCUT2D eigenvalue weighted by Gasteiger charge is 2.88. The SMILES string of the molecule is Cn1cc([C@@]23C[C@]2(C(=O)Nc2cc(C(F)(F)F)ccc2F)[C@H]2C[C@H](O)[C@@H]3O2)c(C(F)(F)F)n1. The topological polar surface area (TPSA) is 76.4 Å². The minimum Gasteiger partial charge on any atom is -0.390 e. The summed E-state index contributed by atoms with van der Waals surface area (Å²) in [4.78, 5) is 13.3. The van der Waals surface area contributed by atoms with Crippen molar-refractivity contribution < 1.29 is 45.4 Å². The number of nitrogens with one attached hydrogen (secondary N) is 1. The maximum atomic E-state index is 14.2. The Hall–Kier alpha value is -2.67. The zero-order chi connectivity index (χ0) is 24.1. The lowest BCUT2D eigenvalue weighted by molar-refractivity contribution is -0.143. The third-order valence-corrected chi connectivity index (χ3v) is 6.91. The number of rotatable bonds is 3. The number of aromatic nitrogens is 2. The fourth-order valence-electron chi connectivity index (χ4n) is 5.55. The quantitative estimate of drug-likeness (QED) is 0.662. The highest BCUT2D eigenvalue weighted by Crippen LogP contribution is 2.78. The molecule has 0 radical (unpaired) electrons. The molecular weight excluding hydrogens is 463 g/mol. The zero-order valence-electron chi connectivity index (χ0n) is 16.8. The molecule has 1 amide bonds. The molecule has 0 spiro atoms. The van der Waals surface area contributed by atoms with Gasteiger partial charge in [-0.2, -0.15) is 31.4 Å². The van der Waals surface area contributed by atoms with E-state index in [2.05, 4.69) is 10.4 Å². The van der Waals surface area contributed by atoms with E-state index in [1.807, 2.05) is 0 Å². The largest absolute Gasteiger partial charge is 0.435 e. The van der Waals surface area contributed by atoms with E-state index in [9.17, 15) is 40.6 Å². The maximum Gasteiger partial charge on any atom is 0.435 e. The van der Waals surface area contributed by atoms with Crippen molar-refractivity contribution in [2.24, 2.45) is 12.5 Å². The number of carbonyl (C=O) groups excluding carboxylic acids is 1. The number of carbonyl (C=O) groups is 1. The van der Waals surface area contributed by atoms with Crippen LogP contribution >= 0.6 is 0 Å². The van der Waals surface area contributed by atoms with E-state index in [0.29, 0.717) is 18.2 Å². The van der Waals surface area contributed by atoms with E-state index in [1.165, 1.54) is 7.05 Å². The van der Waals surface area contributed by atoms with Crippen LogP contribution < -0.4 is 5.32 Å². The molecule has 178 valence electrons. The summed E-state index contributed by atoms with van der Waals surface area (Å²) in [6.45, 7) is 0. The smallest absolute Gasteiger partial charge is 0.390 e. The van der Waals surface area contributed by atoms with E-state index in [4.69, 9.17) is 4.74 Å². The molecule has 1 aliphatic carbocycles. The predicted octanol–water partition coefficient (Wildman–Crippen LogP) is 3.40. The lowest BCUT2D eigenvalue weighted by atomic mass is 9.73. The van der Waals surface area contributed by atoms with Gasteiger partial charge in [0.2, 0.25) is 5.91 Å². The van der Waals surface area contributed by atoms with Crippen molar-refractivity contribution in [3.8, 4) is 0 Å². The van der Waals surface area contributed by atoms with Crippen LogP contribution in [0.1, 0.15) is 29.7 Å². The fourth-order valence-corrected chi connectivity index (χ4v) is 5.55. The van der Waals surface area contributed by atoms with Gasteiger partial charge in [-0.1, -0.05) is 0 Å². The number of hydrogen-bond donors (Lipinski definition) is 2. The average molecular weight is 479 g/mol. The van der Waals surface area contributed by atoms with Crippen molar-refractivity contribution in [1.29, 1.82) is 0 Å². The van der Waals surface area contributed by atoms with Crippen LogP contribution in [0.4, 0.5) is 36.4 Å². The number of benzene rings is 1. The molecule has 0 unspecified atom stereocenters. The van der Waals surface area contributed by atoms with Crippen LogP contribution in [-0.2, 0) is 34.3 Å². The molecule has 2 aliphatic heterocycles. The zero-order valence-corrected chi connectivity index (χ0v) is 16.8. The Morgan fingerprint density at radius 3 is 2.58 bits per heavy atom. The summed E-state index contributed by atoms with van der Waals surface area (Å²) in [6, 6.07) is 1.47. The third-order valence-electron chi connectivity index (χ3n) is 6.91. The fraction of sp³-hybridized carbons (Fsp3) is 0.500. The standard InChI is InChI=1S/C20H16F7N3O3/c1-30-6-9(14(29-30)20(25,26)27)17-7-18(17,13-5-12(31)15(17)33-13)16(32)28-11-4-8(19(22,23)24)2-3-10(11)21/h2-4,6,12-13,15,31H,5,7H2,1H3,(H,28,32)/t12-,13+,15-,17+,18+/m0/s1. The average Bonchev–Trinajstić information content (AvgIpc) is 2.92. The number of nitrogens with zero attached hydrogens (tertiary/aromatic N) is 2. The van der Waals surface area contributed by atoms with Gasteiger partial charge in [0.05, 0.1) is 35.0 Å². The van der Waals surface area contributed by atoms with Gasteiger partial charge >= 0.3 is 12.4 Å². The summed E-state index contributed by atoms with van der Waals surface area (Å²) in [7, 11) is 1.27. The molecule has 13 heteroatoms. The Kier molecular flexibility index (Phi) is 4.34. The van der Waals surface area contributed by atoms with Crippen molar-refractivity contribution in [3.63, 3.8) is 0 Å². The minimum atomic E-state index is -4.86. The molecule has 1 saturated carbocycles. The first-order valence-electron chi connectivity index (χ1n) is 9.85. The summed E-state index contributed by atoms with van der Waals surface area (Å²) in [5.74, 6) is -2.11. The molecule has 1 aromatic carbocycles. The highest BCUT2D eigenvalue weighted by atomic mass is 19.4. The molecule has 3 fully saturated rings. The normalized spacial score (nSPS) is 32.7. The van der Waals surface area contributed by atoms with Crippen molar-refractivity contribution in [2.75, 3.05) is 5.32 Å². The second kappa shape index (κ2) is 6.47. The van der Waals surface area contributed by atoms with Gasteiger partial charge in [-0.3, -0.25) is 9.48 Å². The van der Waals surface area contributed by atoms with Gasteiger partial charge in [0, 0.05) is 30.6 Å². The number of hydrogen-bond acceptors (Lipinski definition) is 4. The van der Waals surface area contributed by atoms with E-state index in [1.54, 1.807) is 0 Å². The van der Waals surface area contributed by atoms with Crippen LogP contribution in [0.2, 0.25) is 0 Å². The maximum absolute atomic E-state index is 14.2. The van der Waals surface area contributed by atoms with Crippen molar-refractivity contribution in [1.82, 2.24) is 9.78 Å². The number of anilines is 1. The van der Waals surface area contributed by atoms with Crippen LogP contribution in [0.5, 0.6) is 0 Å². The molecule has 5 atom stereocenters. The molecule has 3 heterocycles. The molecule has 2 saturated heterocycles. The first kappa shape index (κ1) is 22.1. The molecule has 1 aromatic heterocycles. The van der Waals surface area contributed by atoms with Gasteiger partial charge in [-0.15, -0.1) is 0 Å². The number of aliphatic hydroxyl groups excluding tert-OH is 1. The first-order valence-corrected chi connectivity index (χ1v) is 9.85. The van der Waals surface area contributed by atoms with Crippen LogP contribution in [0, 0.1) is 11.2 Å². The predicted molar refractivity (Wildman–Crippen MR) is 96.3 cm³/mol. The van der Waals surface area contributed by atoms with Crippen molar-refractivity contribution in [2.45, 2.75) is 48.9 Å². The molecule has 5 rings (SSSR count). The summed E-state index contributed by atoms with van der Waals surface area (Å²) >= 11 is 0. The molecule has 2 aromatic rings. The summed E-state index contributed by atoms with van der Waals surface area (Å²) in [5, 5.41) is 15.9. The first-order chi connectivity index (χ1) is 15.2. The number of aliphatic hydroxyl groups is 1. The van der Waals surface area contributed by atoms with Gasteiger partial charge in [-0.05, 0) is 24.6 Å². The number of alkyl halides is 6. The Morgan fingerprint density at radius 2 is 1.94 bits per heavy atom. The van der Waals surface area contributed by atoms with E-state index >= 15 is 0 Å². The second-order valence-electron chi connectivity index (χ2n) is 8.68. The minimum absolute atomic E-state index is 0.0491. The number of fused-ring (bicyclic) bond motifs is 5. The van der Waals surface area contributed by atoms with Crippen LogP contribution in [0.15, 0.2) is 24.4 Å². The van der Waals surface area contributed by atoms with Gasteiger partial charge in [-0.25, -0.2) is 4.39 Å². The van der Waals surface area contributed by atoms with E-state index in [0.717, 1.165) is 10.9 Å². The van der Waals surface area contributed by atoms with E-state index < -0.39 is 70.2 Å². The van der Waals surface area contributed by atoms with Gasteiger partial charge in [0.15, 0.2) is 5.69 Å². The molecule has 33 heavy (non-hydrogen) atoms. The number of amides is 1. The van der Waals surface area contributed by atoms with Crippen LogP contribution in [0.3, 0.4) is 0 Å².